The summed E-state index contributed by atoms with van der Waals surface area (Å²) in [7, 11) is 0. The average molecular weight is 277 g/mol. The predicted octanol–water partition coefficient (Wildman–Crippen LogP) is 1.60. The second-order valence-corrected chi connectivity index (χ2v) is 4.45. The molecule has 0 aliphatic heterocycles. The van der Waals surface area contributed by atoms with Gasteiger partial charge in [0.25, 0.3) is 11.9 Å². The molecular formula is C14H19N3O3. The number of rotatable bonds is 6. The normalized spacial score (nSPS) is 11.2. The van der Waals surface area contributed by atoms with Crippen molar-refractivity contribution in [2.75, 3.05) is 26.2 Å². The maximum atomic E-state index is 12.0. The van der Waals surface area contributed by atoms with E-state index in [2.05, 4.69) is 29.0 Å². The topological polar surface area (TPSA) is 78.6 Å². The Morgan fingerprint density at radius 2 is 2.15 bits per heavy atom. The minimum absolute atomic E-state index is 0.180. The molecule has 2 heterocycles. The highest BCUT2D eigenvalue weighted by atomic mass is 16.5. The number of furan rings is 1. The van der Waals surface area contributed by atoms with Gasteiger partial charge in [0.1, 0.15) is 17.5 Å². The van der Waals surface area contributed by atoms with Crippen LogP contribution in [0.4, 0.5) is 0 Å². The van der Waals surface area contributed by atoms with E-state index in [0.29, 0.717) is 23.1 Å². The minimum Gasteiger partial charge on any atom is -0.480 e. The van der Waals surface area contributed by atoms with Gasteiger partial charge in [-0.25, -0.2) is 4.98 Å². The summed E-state index contributed by atoms with van der Waals surface area (Å²) < 4.78 is 4.85. The van der Waals surface area contributed by atoms with E-state index in [4.69, 9.17) is 4.42 Å². The van der Waals surface area contributed by atoms with Crippen molar-refractivity contribution in [3.8, 4) is 5.95 Å². The van der Waals surface area contributed by atoms with Gasteiger partial charge in [0, 0.05) is 13.1 Å². The average Bonchev–Trinajstić information content (AvgIpc) is 2.84. The summed E-state index contributed by atoms with van der Waals surface area (Å²) in [4.78, 5) is 18.3. The van der Waals surface area contributed by atoms with Gasteiger partial charge in [0.15, 0.2) is 0 Å². The van der Waals surface area contributed by atoms with Crippen LogP contribution in [0.2, 0.25) is 0 Å². The Morgan fingerprint density at radius 1 is 1.40 bits per heavy atom. The highest BCUT2D eigenvalue weighted by Gasteiger charge is 2.11. The molecule has 2 rings (SSSR count). The van der Waals surface area contributed by atoms with Crippen molar-refractivity contribution in [2.45, 2.75) is 13.8 Å². The lowest BCUT2D eigenvalue weighted by Crippen LogP contribution is -2.35. The van der Waals surface area contributed by atoms with E-state index >= 15 is 0 Å². The number of fused-ring (bicyclic) bond motifs is 1. The van der Waals surface area contributed by atoms with Crippen LogP contribution in [0.1, 0.15) is 24.3 Å². The lowest BCUT2D eigenvalue weighted by molar-refractivity contribution is 0.0944. The van der Waals surface area contributed by atoms with E-state index in [0.717, 1.165) is 19.6 Å². The molecule has 0 saturated carbocycles. The Kier molecular flexibility index (Phi) is 4.57. The molecule has 0 bridgehead atoms. The lowest BCUT2D eigenvalue weighted by atomic mass is 10.2. The van der Waals surface area contributed by atoms with Crippen molar-refractivity contribution < 1.29 is 14.3 Å². The first-order chi connectivity index (χ1) is 9.65. The number of hydrogen-bond donors (Lipinski definition) is 2. The molecule has 0 fully saturated rings. The minimum atomic E-state index is -0.222. The van der Waals surface area contributed by atoms with Crippen LogP contribution < -0.4 is 5.32 Å². The van der Waals surface area contributed by atoms with Crippen LogP contribution in [-0.4, -0.2) is 47.1 Å². The van der Waals surface area contributed by atoms with Crippen LogP contribution in [0.3, 0.4) is 0 Å². The van der Waals surface area contributed by atoms with Crippen molar-refractivity contribution in [3.63, 3.8) is 0 Å². The zero-order valence-electron chi connectivity index (χ0n) is 11.7. The molecule has 2 aromatic heterocycles. The second kappa shape index (κ2) is 6.38. The molecule has 0 aliphatic carbocycles. The molecule has 0 aromatic carbocycles. The molecule has 0 aliphatic rings. The van der Waals surface area contributed by atoms with Gasteiger partial charge in [-0.3, -0.25) is 4.79 Å². The molecule has 108 valence electrons. The number of amides is 1. The summed E-state index contributed by atoms with van der Waals surface area (Å²) in [5.41, 5.74) is 0.789. The van der Waals surface area contributed by atoms with Gasteiger partial charge in [-0.15, -0.1) is 0 Å². The predicted molar refractivity (Wildman–Crippen MR) is 75.8 cm³/mol. The van der Waals surface area contributed by atoms with Crippen molar-refractivity contribution in [1.29, 1.82) is 0 Å². The van der Waals surface area contributed by atoms with Crippen LogP contribution in [0.25, 0.3) is 10.9 Å². The number of carbonyl (C=O) groups is 1. The summed E-state index contributed by atoms with van der Waals surface area (Å²) in [5, 5.41) is 12.7. The third-order valence-corrected chi connectivity index (χ3v) is 3.28. The summed E-state index contributed by atoms with van der Waals surface area (Å²) in [5.74, 6) is -0.402. The fourth-order valence-electron chi connectivity index (χ4n) is 2.01. The van der Waals surface area contributed by atoms with Crippen LogP contribution in [0.15, 0.2) is 22.8 Å². The molecule has 2 aromatic rings. The largest absolute Gasteiger partial charge is 0.480 e. The molecular weight excluding hydrogens is 258 g/mol. The number of nitrogens with one attached hydrogen (secondary N) is 1. The molecule has 0 radical (unpaired) electrons. The van der Waals surface area contributed by atoms with Gasteiger partial charge in [-0.2, -0.15) is 0 Å². The van der Waals surface area contributed by atoms with E-state index in [9.17, 15) is 9.90 Å². The highest BCUT2D eigenvalue weighted by molar-refractivity contribution is 5.95. The van der Waals surface area contributed by atoms with Gasteiger partial charge < -0.3 is 19.7 Å². The summed E-state index contributed by atoms with van der Waals surface area (Å²) in [6.45, 7) is 7.50. The van der Waals surface area contributed by atoms with Crippen molar-refractivity contribution in [1.82, 2.24) is 15.2 Å². The van der Waals surface area contributed by atoms with Crippen LogP contribution in [0, 0.1) is 0 Å². The van der Waals surface area contributed by atoms with Crippen LogP contribution in [-0.2, 0) is 0 Å². The third-order valence-electron chi connectivity index (χ3n) is 3.28. The summed E-state index contributed by atoms with van der Waals surface area (Å²) >= 11 is 0. The first-order valence-corrected chi connectivity index (χ1v) is 6.73. The SMILES string of the molecule is CCN(CC)CCNC(=O)c1ccc2c(O)occ2n1. The van der Waals surface area contributed by atoms with E-state index in [1.807, 2.05) is 0 Å². The Labute approximate surface area is 117 Å². The van der Waals surface area contributed by atoms with Crippen molar-refractivity contribution in [2.24, 2.45) is 0 Å². The Hall–Kier alpha value is -2.08. The number of nitrogens with zero attached hydrogens (tertiary/aromatic N) is 2. The molecule has 0 unspecified atom stereocenters. The summed E-state index contributed by atoms with van der Waals surface area (Å²) in [6, 6.07) is 3.20. The van der Waals surface area contributed by atoms with Crippen LogP contribution in [0.5, 0.6) is 5.95 Å². The molecule has 1 amide bonds. The van der Waals surface area contributed by atoms with E-state index < -0.39 is 0 Å². The number of pyridine rings is 1. The molecule has 0 saturated heterocycles. The quantitative estimate of drug-likeness (QED) is 0.838. The molecule has 0 spiro atoms. The van der Waals surface area contributed by atoms with Gasteiger partial charge in [0.05, 0.1) is 5.39 Å². The Balaban J connectivity index is 1.97. The number of aromatic nitrogens is 1. The smallest absolute Gasteiger partial charge is 0.291 e. The second-order valence-electron chi connectivity index (χ2n) is 4.45. The number of aromatic hydroxyl groups is 1. The van der Waals surface area contributed by atoms with Crippen molar-refractivity contribution >= 4 is 16.8 Å². The van der Waals surface area contributed by atoms with Gasteiger partial charge in [0.2, 0.25) is 0 Å². The Bertz CT molecular complexity index is 590. The molecule has 6 nitrogen and oxygen atoms in total. The number of likely N-dealkylation sites (N-methyl/N-ethyl adjacent to an activating group) is 1. The first kappa shape index (κ1) is 14.3. The van der Waals surface area contributed by atoms with Crippen molar-refractivity contribution in [3.05, 3.63) is 24.1 Å². The zero-order valence-corrected chi connectivity index (χ0v) is 11.7. The molecule has 6 heteroatoms. The zero-order chi connectivity index (χ0) is 14.5. The highest BCUT2D eigenvalue weighted by Crippen LogP contribution is 2.24. The van der Waals surface area contributed by atoms with Gasteiger partial charge in [-0.05, 0) is 25.2 Å². The van der Waals surface area contributed by atoms with Gasteiger partial charge in [-0.1, -0.05) is 13.8 Å². The molecule has 0 atom stereocenters. The fraction of sp³-hybridized carbons (Fsp3) is 0.429. The van der Waals surface area contributed by atoms with E-state index in [1.54, 1.807) is 12.1 Å². The molecule has 2 N–H and O–H groups in total. The molecule has 20 heavy (non-hydrogen) atoms. The number of hydrogen-bond acceptors (Lipinski definition) is 5. The van der Waals surface area contributed by atoms with E-state index in [1.165, 1.54) is 6.26 Å². The fourth-order valence-corrected chi connectivity index (χ4v) is 2.01. The standard InChI is InChI=1S/C14H19N3O3/c1-3-17(4-2)8-7-15-13(18)11-6-5-10-12(16-11)9-20-14(10)19/h5-6,9,19H,3-4,7-8H2,1-2H3,(H,15,18). The first-order valence-electron chi connectivity index (χ1n) is 6.73. The van der Waals surface area contributed by atoms with E-state index in [-0.39, 0.29) is 11.9 Å². The van der Waals surface area contributed by atoms with Gasteiger partial charge >= 0.3 is 0 Å². The maximum Gasteiger partial charge on any atom is 0.291 e. The number of carbonyl (C=O) groups excluding carboxylic acids is 1. The van der Waals surface area contributed by atoms with Crippen LogP contribution >= 0.6 is 0 Å². The Morgan fingerprint density at radius 3 is 2.85 bits per heavy atom. The lowest BCUT2D eigenvalue weighted by Gasteiger charge is -2.17. The summed E-state index contributed by atoms with van der Waals surface area (Å²) in [6.07, 6.45) is 1.33. The maximum absolute atomic E-state index is 12.0. The third kappa shape index (κ3) is 3.08. The monoisotopic (exact) mass is 277 g/mol.